The van der Waals surface area contributed by atoms with Crippen molar-refractivity contribution in [2.24, 2.45) is 52.1 Å². The molecule has 152 valence electrons. The zero-order chi connectivity index (χ0) is 19.2. The highest BCUT2D eigenvalue weighted by atomic mass is 16.1. The van der Waals surface area contributed by atoms with E-state index in [-0.39, 0.29) is 5.41 Å². The second kappa shape index (κ2) is 7.32. The number of allylic oxidation sites excluding steroid dienone is 2. The van der Waals surface area contributed by atoms with E-state index in [0.29, 0.717) is 17.1 Å². The number of fused-ring (bicyclic) bond motifs is 5. The Bertz CT molecular complexity index is 597. The van der Waals surface area contributed by atoms with Crippen molar-refractivity contribution in [2.45, 2.75) is 85.0 Å². The maximum atomic E-state index is 12.6. The molecule has 0 bridgehead atoms. The van der Waals surface area contributed by atoms with Crippen molar-refractivity contribution in [3.05, 3.63) is 12.2 Å². The van der Waals surface area contributed by atoms with Crippen LogP contribution < -0.4 is 5.73 Å². The average molecular weight is 372 g/mol. The number of carbonyl (C=O) groups is 1. The van der Waals surface area contributed by atoms with Gasteiger partial charge in [0.2, 0.25) is 0 Å². The molecule has 0 aromatic rings. The summed E-state index contributed by atoms with van der Waals surface area (Å²) in [6.07, 6.45) is 17.2. The quantitative estimate of drug-likeness (QED) is 0.504. The maximum Gasteiger partial charge on any atom is 0.139 e. The number of nitrogens with two attached hydrogens (primary N) is 1. The number of hydrogen-bond acceptors (Lipinski definition) is 2. The van der Waals surface area contributed by atoms with Gasteiger partial charge in [0.25, 0.3) is 0 Å². The third-order valence-corrected chi connectivity index (χ3v) is 9.76. The lowest BCUT2D eigenvalue weighted by atomic mass is 9.43. The molecule has 2 heteroatoms. The van der Waals surface area contributed by atoms with Gasteiger partial charge in [0.15, 0.2) is 0 Å². The first kappa shape index (κ1) is 19.7. The normalized spacial score (nSPS) is 49.7. The molecule has 8 atom stereocenters. The monoisotopic (exact) mass is 371 g/mol. The van der Waals surface area contributed by atoms with Crippen LogP contribution in [0.4, 0.5) is 0 Å². The first-order valence-corrected chi connectivity index (χ1v) is 11.8. The molecule has 4 fully saturated rings. The lowest BCUT2D eigenvalue weighted by molar-refractivity contribution is -0.146. The van der Waals surface area contributed by atoms with Gasteiger partial charge in [-0.25, -0.2) is 0 Å². The molecule has 0 amide bonds. The smallest absolute Gasteiger partial charge is 0.139 e. The molecule has 0 saturated heterocycles. The summed E-state index contributed by atoms with van der Waals surface area (Å²) in [5.74, 6) is 5.40. The van der Waals surface area contributed by atoms with E-state index in [9.17, 15) is 4.79 Å². The van der Waals surface area contributed by atoms with E-state index < -0.39 is 0 Å². The van der Waals surface area contributed by atoms with E-state index in [0.717, 1.165) is 61.8 Å². The molecule has 2 N–H and O–H groups in total. The van der Waals surface area contributed by atoms with Crippen molar-refractivity contribution < 1.29 is 4.79 Å². The molecule has 4 rings (SSSR count). The third kappa shape index (κ3) is 3.15. The van der Waals surface area contributed by atoms with Crippen LogP contribution in [-0.2, 0) is 4.79 Å². The second-order valence-electron chi connectivity index (χ2n) is 11.0. The van der Waals surface area contributed by atoms with Gasteiger partial charge in [-0.15, -0.1) is 0 Å². The minimum Gasteiger partial charge on any atom is -0.330 e. The summed E-state index contributed by atoms with van der Waals surface area (Å²) in [6, 6.07) is 0. The second-order valence-corrected chi connectivity index (χ2v) is 11.0. The van der Waals surface area contributed by atoms with E-state index in [4.69, 9.17) is 5.73 Å². The summed E-state index contributed by atoms with van der Waals surface area (Å²) < 4.78 is 0. The van der Waals surface area contributed by atoms with Gasteiger partial charge in [0.05, 0.1) is 0 Å². The Hall–Kier alpha value is -0.630. The van der Waals surface area contributed by atoms with E-state index in [1.165, 1.54) is 38.5 Å². The summed E-state index contributed by atoms with van der Waals surface area (Å²) in [6.45, 7) is 8.28. The van der Waals surface area contributed by atoms with Gasteiger partial charge >= 0.3 is 0 Å². The van der Waals surface area contributed by atoms with Crippen LogP contribution in [-0.4, -0.2) is 12.3 Å². The van der Waals surface area contributed by atoms with Crippen molar-refractivity contribution in [3.8, 4) is 0 Å². The Morgan fingerprint density at radius 3 is 2.67 bits per heavy atom. The molecule has 0 aromatic heterocycles. The van der Waals surface area contributed by atoms with Crippen LogP contribution in [0.25, 0.3) is 0 Å². The molecule has 4 aliphatic rings. The Labute approximate surface area is 166 Å². The molecular formula is C25H41NO. The highest BCUT2D eigenvalue weighted by Gasteiger charge is 2.61. The van der Waals surface area contributed by atoms with Crippen molar-refractivity contribution in [2.75, 3.05) is 6.54 Å². The summed E-state index contributed by atoms with van der Waals surface area (Å²) in [5.41, 5.74) is 6.16. The zero-order valence-electron chi connectivity index (χ0n) is 17.9. The third-order valence-electron chi connectivity index (χ3n) is 9.76. The van der Waals surface area contributed by atoms with Crippen molar-refractivity contribution in [3.63, 3.8) is 0 Å². The van der Waals surface area contributed by atoms with E-state index in [1.54, 1.807) is 0 Å². The van der Waals surface area contributed by atoms with Gasteiger partial charge in [-0.05, 0) is 105 Å². The number of Topliss-reactive ketones (excluding diaryl/α,β-unsaturated/α-hetero) is 1. The van der Waals surface area contributed by atoms with Crippen LogP contribution in [0.1, 0.15) is 85.0 Å². The SMILES string of the molecule is C[C@H]1C[C@@H]2[C@H](CC[C@]3(C)C(=O)CC[C@@H]23)[C@@]2(C)CC[C@@H](C=CCCCN)CC12. The Kier molecular flexibility index (Phi) is 5.33. The summed E-state index contributed by atoms with van der Waals surface area (Å²) in [4.78, 5) is 12.6. The molecule has 0 aliphatic heterocycles. The summed E-state index contributed by atoms with van der Waals surface area (Å²) in [7, 11) is 0. The Balaban J connectivity index is 1.51. The van der Waals surface area contributed by atoms with Crippen molar-refractivity contribution in [1.82, 2.24) is 0 Å². The van der Waals surface area contributed by atoms with Gasteiger partial charge in [-0.3, -0.25) is 4.79 Å². The predicted octanol–water partition coefficient (Wildman–Crippen LogP) is 5.76. The fourth-order valence-corrected chi connectivity index (χ4v) is 8.24. The van der Waals surface area contributed by atoms with Crippen LogP contribution >= 0.6 is 0 Å². The molecular weight excluding hydrogens is 330 g/mol. The van der Waals surface area contributed by atoms with E-state index in [2.05, 4.69) is 32.9 Å². The Morgan fingerprint density at radius 2 is 1.89 bits per heavy atom. The number of ketones is 1. The molecule has 4 saturated carbocycles. The van der Waals surface area contributed by atoms with Gasteiger partial charge in [-0.1, -0.05) is 32.9 Å². The standard InChI is InChI=1S/C25H41NO/c1-17-15-19-20-8-9-23(27)25(20,3)13-11-21(19)24(2)12-10-18(16-22(17)24)7-5-4-6-14-26/h5,7,17-22H,4,6,8-16,26H2,1-3H3/t17-,18+,19-,20-,21-,22?,24+,25-/m0/s1. The predicted molar refractivity (Wildman–Crippen MR) is 112 cm³/mol. The number of hydrogen-bond donors (Lipinski definition) is 1. The number of carbonyl (C=O) groups excluding carboxylic acids is 1. The van der Waals surface area contributed by atoms with Crippen LogP contribution in [0, 0.1) is 46.3 Å². The van der Waals surface area contributed by atoms with Crippen LogP contribution in [0.5, 0.6) is 0 Å². The highest BCUT2D eigenvalue weighted by Crippen LogP contribution is 2.67. The van der Waals surface area contributed by atoms with Crippen LogP contribution in [0.3, 0.4) is 0 Å². The van der Waals surface area contributed by atoms with Gasteiger partial charge in [-0.2, -0.15) is 0 Å². The maximum absolute atomic E-state index is 12.6. The molecule has 0 heterocycles. The number of rotatable bonds is 4. The fourth-order valence-electron chi connectivity index (χ4n) is 8.24. The summed E-state index contributed by atoms with van der Waals surface area (Å²) >= 11 is 0. The molecule has 1 unspecified atom stereocenters. The van der Waals surface area contributed by atoms with Crippen LogP contribution in [0.2, 0.25) is 0 Å². The lowest BCUT2D eigenvalue weighted by Gasteiger charge is -2.62. The molecule has 0 spiro atoms. The summed E-state index contributed by atoms with van der Waals surface area (Å²) in [5, 5.41) is 0. The lowest BCUT2D eigenvalue weighted by Crippen LogP contribution is -2.55. The molecule has 0 aromatic carbocycles. The largest absolute Gasteiger partial charge is 0.330 e. The van der Waals surface area contributed by atoms with Gasteiger partial charge in [0.1, 0.15) is 5.78 Å². The van der Waals surface area contributed by atoms with Gasteiger partial charge < -0.3 is 5.73 Å². The van der Waals surface area contributed by atoms with E-state index in [1.807, 2.05) is 0 Å². The topological polar surface area (TPSA) is 43.1 Å². The molecule has 0 radical (unpaired) electrons. The van der Waals surface area contributed by atoms with Gasteiger partial charge in [0, 0.05) is 11.8 Å². The van der Waals surface area contributed by atoms with Crippen molar-refractivity contribution in [1.29, 1.82) is 0 Å². The first-order valence-electron chi connectivity index (χ1n) is 11.8. The molecule has 4 aliphatic carbocycles. The number of unbranched alkanes of at least 4 members (excludes halogenated alkanes) is 1. The van der Waals surface area contributed by atoms with E-state index >= 15 is 0 Å². The Morgan fingerprint density at radius 1 is 1.07 bits per heavy atom. The minimum atomic E-state index is 0.0208. The fraction of sp³-hybridized carbons (Fsp3) is 0.880. The van der Waals surface area contributed by atoms with Crippen molar-refractivity contribution >= 4 is 5.78 Å². The first-order chi connectivity index (χ1) is 12.9. The van der Waals surface area contributed by atoms with Crippen LogP contribution in [0.15, 0.2) is 12.2 Å². The zero-order valence-corrected chi connectivity index (χ0v) is 17.9. The average Bonchev–Trinajstić information content (AvgIpc) is 2.95. The molecule has 27 heavy (non-hydrogen) atoms. The minimum absolute atomic E-state index is 0.0208. The highest BCUT2D eigenvalue weighted by molar-refractivity contribution is 5.87. The molecule has 2 nitrogen and oxygen atoms in total.